The minimum absolute atomic E-state index is 0.524. The Morgan fingerprint density at radius 2 is 2.36 bits per heavy atom. The quantitative estimate of drug-likeness (QED) is 0.761. The Hall–Kier alpha value is -0.180. The lowest BCUT2D eigenvalue weighted by Crippen LogP contribution is -2.37. The van der Waals surface area contributed by atoms with E-state index in [2.05, 4.69) is 19.2 Å². The average Bonchev–Trinajstić information content (AvgIpc) is 2.12. The maximum absolute atomic E-state index is 4.70. The summed E-state index contributed by atoms with van der Waals surface area (Å²) in [4.78, 5) is 4.70. The van der Waals surface area contributed by atoms with Gasteiger partial charge in [0.1, 0.15) is 0 Å². The zero-order valence-electron chi connectivity index (χ0n) is 9.18. The van der Waals surface area contributed by atoms with Crippen LogP contribution in [0.2, 0.25) is 0 Å². The van der Waals surface area contributed by atoms with Crippen LogP contribution in [0.25, 0.3) is 0 Å². The van der Waals surface area contributed by atoms with Gasteiger partial charge in [0.05, 0.1) is 0 Å². The summed E-state index contributed by atoms with van der Waals surface area (Å²) in [6, 6.07) is 0.615. The number of nitrogens with zero attached hydrogens (tertiary/aromatic N) is 1. The van der Waals surface area contributed by atoms with Gasteiger partial charge in [-0.25, -0.2) is 0 Å². The Morgan fingerprint density at radius 3 is 2.93 bits per heavy atom. The molecule has 0 aromatic carbocycles. The molecule has 0 spiro atoms. The van der Waals surface area contributed by atoms with Crippen LogP contribution in [-0.2, 0) is 0 Å². The van der Waals surface area contributed by atoms with Crippen LogP contribution in [0.4, 0.5) is 0 Å². The second-order valence-electron chi connectivity index (χ2n) is 4.97. The summed E-state index contributed by atoms with van der Waals surface area (Å²) in [7, 11) is 0. The smallest absolute Gasteiger partial charge is 0.156 e. The summed E-state index contributed by atoms with van der Waals surface area (Å²) in [6.45, 7) is 5.62. The van der Waals surface area contributed by atoms with Crippen LogP contribution in [0.5, 0.6) is 0 Å². The summed E-state index contributed by atoms with van der Waals surface area (Å²) in [5, 5.41) is 4.63. The normalized spacial score (nSPS) is 33.6. The molecule has 1 heterocycles. The van der Waals surface area contributed by atoms with E-state index in [1.807, 2.05) is 11.8 Å². The molecule has 1 aliphatic carbocycles. The number of thioether (sulfide) groups is 1. The van der Waals surface area contributed by atoms with E-state index < -0.39 is 0 Å². The molecule has 0 amide bonds. The summed E-state index contributed by atoms with van der Waals surface area (Å²) < 4.78 is 0. The molecule has 1 N–H and O–H groups in total. The van der Waals surface area contributed by atoms with Gasteiger partial charge >= 0.3 is 0 Å². The Kier molecular flexibility index (Phi) is 3.05. The Balaban J connectivity index is 1.84. The van der Waals surface area contributed by atoms with E-state index in [4.69, 9.17) is 4.99 Å². The highest BCUT2D eigenvalue weighted by molar-refractivity contribution is 8.13. The van der Waals surface area contributed by atoms with Gasteiger partial charge < -0.3 is 5.32 Å². The fourth-order valence-electron chi connectivity index (χ4n) is 1.95. The Bertz CT molecular complexity index is 233. The van der Waals surface area contributed by atoms with Crippen molar-refractivity contribution in [1.82, 2.24) is 5.32 Å². The van der Waals surface area contributed by atoms with Crippen molar-refractivity contribution in [2.75, 3.05) is 12.3 Å². The molecule has 80 valence electrons. The van der Waals surface area contributed by atoms with Crippen LogP contribution in [-0.4, -0.2) is 23.5 Å². The van der Waals surface area contributed by atoms with Gasteiger partial charge in [-0.3, -0.25) is 4.99 Å². The molecule has 1 saturated carbocycles. The highest BCUT2D eigenvalue weighted by Gasteiger charge is 2.31. The number of nitrogens with one attached hydrogen (secondary N) is 1. The van der Waals surface area contributed by atoms with Gasteiger partial charge in [0.15, 0.2) is 5.17 Å². The van der Waals surface area contributed by atoms with Crippen molar-refractivity contribution in [3.63, 3.8) is 0 Å². The van der Waals surface area contributed by atoms with E-state index in [0.29, 0.717) is 11.5 Å². The lowest BCUT2D eigenvalue weighted by Gasteiger charge is -2.37. The molecule has 2 rings (SSSR count). The molecule has 1 aliphatic heterocycles. The molecule has 2 nitrogen and oxygen atoms in total. The fraction of sp³-hybridized carbons (Fsp3) is 0.909. The molecule has 2 aliphatic rings. The summed E-state index contributed by atoms with van der Waals surface area (Å²) in [5.41, 5.74) is 0.524. The molecule has 14 heavy (non-hydrogen) atoms. The van der Waals surface area contributed by atoms with E-state index in [9.17, 15) is 0 Å². The van der Waals surface area contributed by atoms with Gasteiger partial charge in [-0.2, -0.15) is 0 Å². The van der Waals surface area contributed by atoms with Crippen LogP contribution in [0.15, 0.2) is 4.99 Å². The van der Waals surface area contributed by atoms with Crippen molar-refractivity contribution >= 4 is 16.9 Å². The Morgan fingerprint density at radius 1 is 1.57 bits per heavy atom. The molecule has 1 saturated heterocycles. The predicted molar refractivity (Wildman–Crippen MR) is 63.9 cm³/mol. The first-order valence-electron chi connectivity index (χ1n) is 5.62. The first-order chi connectivity index (χ1) is 6.68. The van der Waals surface area contributed by atoms with Crippen LogP contribution in [0.1, 0.15) is 39.5 Å². The van der Waals surface area contributed by atoms with Gasteiger partial charge in [0.2, 0.25) is 0 Å². The maximum Gasteiger partial charge on any atom is 0.156 e. The monoisotopic (exact) mass is 212 g/mol. The topological polar surface area (TPSA) is 24.4 Å². The van der Waals surface area contributed by atoms with Gasteiger partial charge in [-0.15, -0.1) is 0 Å². The van der Waals surface area contributed by atoms with Crippen molar-refractivity contribution in [3.8, 4) is 0 Å². The second kappa shape index (κ2) is 4.13. The first-order valence-corrected chi connectivity index (χ1v) is 6.60. The van der Waals surface area contributed by atoms with Crippen molar-refractivity contribution in [3.05, 3.63) is 0 Å². The van der Waals surface area contributed by atoms with Crippen LogP contribution >= 0.6 is 11.8 Å². The molecule has 0 aromatic heterocycles. The summed E-state index contributed by atoms with van der Waals surface area (Å²) in [6.07, 6.45) is 5.40. The van der Waals surface area contributed by atoms with Gasteiger partial charge in [0.25, 0.3) is 0 Å². The number of hydrogen-bond donors (Lipinski definition) is 1. The van der Waals surface area contributed by atoms with E-state index in [1.165, 1.54) is 36.6 Å². The molecule has 0 aromatic rings. The average molecular weight is 212 g/mol. The van der Waals surface area contributed by atoms with E-state index >= 15 is 0 Å². The lowest BCUT2D eigenvalue weighted by atomic mass is 9.71. The lowest BCUT2D eigenvalue weighted by molar-refractivity contribution is 0.174. The first kappa shape index (κ1) is 10.3. The molecule has 2 fully saturated rings. The number of aliphatic imine (C=N–C) groups is 1. The highest BCUT2D eigenvalue weighted by atomic mass is 32.2. The molecule has 1 atom stereocenters. The predicted octanol–water partition coefficient (Wildman–Crippen LogP) is 2.65. The minimum atomic E-state index is 0.524. The molecule has 3 heteroatoms. The number of amidine groups is 1. The molecule has 0 radical (unpaired) electrons. The molecule has 0 bridgehead atoms. The third-order valence-corrected chi connectivity index (χ3v) is 4.28. The third-order valence-electron chi connectivity index (χ3n) is 3.32. The zero-order valence-corrected chi connectivity index (χ0v) is 9.99. The van der Waals surface area contributed by atoms with Gasteiger partial charge in [-0.1, -0.05) is 25.1 Å². The van der Waals surface area contributed by atoms with Crippen LogP contribution < -0.4 is 5.32 Å². The maximum atomic E-state index is 4.70. The fourth-order valence-corrected chi connectivity index (χ4v) is 3.05. The number of rotatable bonds is 2. The SMILES string of the molecule is CC1CCSC(=NCC2(C)CCC2)N1. The van der Waals surface area contributed by atoms with Crippen LogP contribution in [0.3, 0.4) is 0 Å². The van der Waals surface area contributed by atoms with Gasteiger partial charge in [0, 0.05) is 18.3 Å². The van der Waals surface area contributed by atoms with Crippen molar-refractivity contribution in [2.45, 2.75) is 45.6 Å². The zero-order chi connectivity index (χ0) is 10.0. The van der Waals surface area contributed by atoms with E-state index in [-0.39, 0.29) is 0 Å². The summed E-state index contributed by atoms with van der Waals surface area (Å²) >= 11 is 1.88. The summed E-state index contributed by atoms with van der Waals surface area (Å²) in [5.74, 6) is 1.23. The van der Waals surface area contributed by atoms with Gasteiger partial charge in [-0.05, 0) is 31.6 Å². The third kappa shape index (κ3) is 2.44. The van der Waals surface area contributed by atoms with E-state index in [0.717, 1.165) is 6.54 Å². The molecule has 1 unspecified atom stereocenters. The standard InChI is InChI=1S/C11H20N2S/c1-9-4-7-14-10(13-9)12-8-11(2)5-3-6-11/h9H,3-8H2,1-2H3,(H,12,13). The molecular formula is C11H20N2S. The highest BCUT2D eigenvalue weighted by Crippen LogP contribution is 2.40. The number of hydrogen-bond acceptors (Lipinski definition) is 2. The largest absolute Gasteiger partial charge is 0.362 e. The van der Waals surface area contributed by atoms with Crippen molar-refractivity contribution < 1.29 is 0 Å². The van der Waals surface area contributed by atoms with Crippen LogP contribution in [0, 0.1) is 5.41 Å². The molecular weight excluding hydrogens is 192 g/mol. The second-order valence-corrected chi connectivity index (χ2v) is 6.05. The Labute approximate surface area is 90.9 Å². The van der Waals surface area contributed by atoms with Crippen molar-refractivity contribution in [1.29, 1.82) is 0 Å². The van der Waals surface area contributed by atoms with Crippen molar-refractivity contribution in [2.24, 2.45) is 10.4 Å². The minimum Gasteiger partial charge on any atom is -0.362 e. The van der Waals surface area contributed by atoms with E-state index in [1.54, 1.807) is 0 Å².